The number of halogens is 2. The Labute approximate surface area is 116 Å². The molecule has 1 aromatic heterocycles. The van der Waals surface area contributed by atoms with Crippen molar-refractivity contribution in [3.8, 4) is 11.4 Å². The monoisotopic (exact) mass is 279 g/mol. The molecular formula is C14H15ClFN3. The van der Waals surface area contributed by atoms with Gasteiger partial charge in [-0.15, -0.1) is 0 Å². The summed E-state index contributed by atoms with van der Waals surface area (Å²) in [7, 11) is 1.89. The van der Waals surface area contributed by atoms with Crippen molar-refractivity contribution in [1.29, 1.82) is 0 Å². The summed E-state index contributed by atoms with van der Waals surface area (Å²) in [6.45, 7) is 3.97. The number of rotatable bonds is 3. The highest BCUT2D eigenvalue weighted by molar-refractivity contribution is 6.31. The molecular weight excluding hydrogens is 265 g/mol. The van der Waals surface area contributed by atoms with E-state index >= 15 is 0 Å². The zero-order valence-corrected chi connectivity index (χ0v) is 11.8. The Bertz CT molecular complexity index is 601. The van der Waals surface area contributed by atoms with Crippen molar-refractivity contribution in [3.05, 3.63) is 46.5 Å². The summed E-state index contributed by atoms with van der Waals surface area (Å²) in [5, 5.41) is 3.22. The van der Waals surface area contributed by atoms with Crippen molar-refractivity contribution in [3.63, 3.8) is 0 Å². The molecule has 0 saturated heterocycles. The molecule has 0 amide bonds. The largest absolute Gasteiger partial charge is 0.313 e. The number of hydrogen-bond acceptors (Lipinski definition) is 3. The minimum absolute atomic E-state index is 0.0754. The predicted octanol–water partition coefficient (Wildman–Crippen LogP) is 3.52. The SMILES string of the molecule is CNC(C)c1cnc(-c2ccc(F)c(Cl)c2)nc1C. The molecule has 100 valence electrons. The molecule has 1 heterocycles. The molecule has 0 aliphatic carbocycles. The van der Waals surface area contributed by atoms with Crippen LogP contribution in [0.15, 0.2) is 24.4 Å². The lowest BCUT2D eigenvalue weighted by molar-refractivity contribution is 0.628. The third-order valence-corrected chi connectivity index (χ3v) is 3.38. The maximum absolute atomic E-state index is 13.1. The van der Waals surface area contributed by atoms with E-state index < -0.39 is 5.82 Å². The number of aromatic nitrogens is 2. The molecule has 0 bridgehead atoms. The highest BCUT2D eigenvalue weighted by Gasteiger charge is 2.11. The molecule has 0 saturated carbocycles. The predicted molar refractivity (Wildman–Crippen MR) is 74.6 cm³/mol. The second kappa shape index (κ2) is 5.63. The van der Waals surface area contributed by atoms with Crippen molar-refractivity contribution in [2.45, 2.75) is 19.9 Å². The highest BCUT2D eigenvalue weighted by Crippen LogP contribution is 2.24. The quantitative estimate of drug-likeness (QED) is 0.934. The first-order chi connectivity index (χ1) is 9.02. The highest BCUT2D eigenvalue weighted by atomic mass is 35.5. The van der Waals surface area contributed by atoms with Crippen molar-refractivity contribution >= 4 is 11.6 Å². The number of hydrogen-bond donors (Lipinski definition) is 1. The summed E-state index contributed by atoms with van der Waals surface area (Å²) < 4.78 is 13.1. The number of benzene rings is 1. The van der Waals surface area contributed by atoms with Gasteiger partial charge in [-0.2, -0.15) is 0 Å². The lowest BCUT2D eigenvalue weighted by Crippen LogP contribution is -2.14. The molecule has 0 fully saturated rings. The van der Waals surface area contributed by atoms with Crippen LogP contribution in [0.1, 0.15) is 24.2 Å². The minimum Gasteiger partial charge on any atom is -0.313 e. The third-order valence-electron chi connectivity index (χ3n) is 3.09. The second-order valence-electron chi connectivity index (χ2n) is 4.37. The Morgan fingerprint density at radius 3 is 2.68 bits per heavy atom. The summed E-state index contributed by atoms with van der Waals surface area (Å²) in [5.41, 5.74) is 2.64. The normalized spacial score (nSPS) is 12.5. The molecule has 3 nitrogen and oxygen atoms in total. The smallest absolute Gasteiger partial charge is 0.159 e. The fourth-order valence-corrected chi connectivity index (χ4v) is 2.01. The van der Waals surface area contributed by atoms with Crippen LogP contribution < -0.4 is 5.32 Å². The van der Waals surface area contributed by atoms with Gasteiger partial charge in [0.05, 0.1) is 5.02 Å². The Morgan fingerprint density at radius 2 is 2.11 bits per heavy atom. The molecule has 1 unspecified atom stereocenters. The summed E-state index contributed by atoms with van der Waals surface area (Å²) in [6.07, 6.45) is 1.79. The van der Waals surface area contributed by atoms with Gasteiger partial charge in [0.25, 0.3) is 0 Å². The average molecular weight is 280 g/mol. The molecule has 5 heteroatoms. The van der Waals surface area contributed by atoms with Crippen LogP contribution in [0.25, 0.3) is 11.4 Å². The van der Waals surface area contributed by atoms with Crippen molar-refractivity contribution in [1.82, 2.24) is 15.3 Å². The topological polar surface area (TPSA) is 37.8 Å². The first kappa shape index (κ1) is 13.9. The maximum Gasteiger partial charge on any atom is 0.159 e. The molecule has 1 aromatic carbocycles. The number of nitrogens with zero attached hydrogens (tertiary/aromatic N) is 2. The maximum atomic E-state index is 13.1. The molecule has 1 atom stereocenters. The van der Waals surface area contributed by atoms with Gasteiger partial charge < -0.3 is 5.32 Å². The van der Waals surface area contributed by atoms with Gasteiger partial charge in [0, 0.05) is 29.1 Å². The lowest BCUT2D eigenvalue weighted by Gasteiger charge is -2.13. The van der Waals surface area contributed by atoms with Gasteiger partial charge in [-0.25, -0.2) is 14.4 Å². The lowest BCUT2D eigenvalue weighted by atomic mass is 10.1. The van der Waals surface area contributed by atoms with Gasteiger partial charge >= 0.3 is 0 Å². The number of aryl methyl sites for hydroxylation is 1. The van der Waals surface area contributed by atoms with Gasteiger partial charge in [0.2, 0.25) is 0 Å². The third kappa shape index (κ3) is 2.91. The van der Waals surface area contributed by atoms with Crippen LogP contribution >= 0.6 is 11.6 Å². The zero-order valence-electron chi connectivity index (χ0n) is 11.0. The second-order valence-corrected chi connectivity index (χ2v) is 4.78. The Kier molecular flexibility index (Phi) is 4.12. The van der Waals surface area contributed by atoms with E-state index in [2.05, 4.69) is 15.3 Å². The molecule has 0 aliphatic rings. The van der Waals surface area contributed by atoms with E-state index in [1.54, 1.807) is 12.3 Å². The van der Waals surface area contributed by atoms with Crippen LogP contribution in [0.5, 0.6) is 0 Å². The van der Waals surface area contributed by atoms with Gasteiger partial charge in [-0.1, -0.05) is 11.6 Å². The van der Waals surface area contributed by atoms with Crippen molar-refractivity contribution < 1.29 is 4.39 Å². The average Bonchev–Trinajstić information content (AvgIpc) is 2.41. The zero-order chi connectivity index (χ0) is 14.0. The van der Waals surface area contributed by atoms with Gasteiger partial charge in [0.15, 0.2) is 5.82 Å². The van der Waals surface area contributed by atoms with Crippen molar-refractivity contribution in [2.24, 2.45) is 0 Å². The van der Waals surface area contributed by atoms with E-state index in [1.165, 1.54) is 12.1 Å². The molecule has 0 aliphatic heterocycles. The molecule has 0 radical (unpaired) electrons. The molecule has 2 rings (SSSR count). The van der Waals surface area contributed by atoms with E-state index in [0.29, 0.717) is 11.4 Å². The Balaban J connectivity index is 2.41. The minimum atomic E-state index is -0.442. The van der Waals surface area contributed by atoms with Crippen molar-refractivity contribution in [2.75, 3.05) is 7.05 Å². The van der Waals surface area contributed by atoms with Crippen LogP contribution in [0, 0.1) is 12.7 Å². The molecule has 2 aromatic rings. The van der Waals surface area contributed by atoms with Crippen LogP contribution in [0.3, 0.4) is 0 Å². The summed E-state index contributed by atoms with van der Waals surface area (Å²) >= 11 is 5.77. The summed E-state index contributed by atoms with van der Waals surface area (Å²) in [6, 6.07) is 4.66. The van der Waals surface area contributed by atoms with Gasteiger partial charge in [0.1, 0.15) is 5.82 Å². The standard InChI is InChI=1S/C14H15ClFN3/c1-8(17-3)11-7-18-14(19-9(11)2)10-4-5-13(16)12(15)6-10/h4-8,17H,1-3H3. The van der Waals surface area contributed by atoms with E-state index in [9.17, 15) is 4.39 Å². The van der Waals surface area contributed by atoms with Crippen LogP contribution in [0.2, 0.25) is 5.02 Å². The number of nitrogens with one attached hydrogen (secondary N) is 1. The van der Waals surface area contributed by atoms with E-state index in [0.717, 1.165) is 11.3 Å². The van der Waals surface area contributed by atoms with Crippen LogP contribution in [-0.4, -0.2) is 17.0 Å². The van der Waals surface area contributed by atoms with E-state index in [4.69, 9.17) is 11.6 Å². The molecule has 0 spiro atoms. The van der Waals surface area contributed by atoms with Gasteiger partial charge in [-0.05, 0) is 39.1 Å². The van der Waals surface area contributed by atoms with Gasteiger partial charge in [-0.3, -0.25) is 0 Å². The van der Waals surface area contributed by atoms with E-state index in [-0.39, 0.29) is 11.1 Å². The fraction of sp³-hybridized carbons (Fsp3) is 0.286. The van der Waals surface area contributed by atoms with E-state index in [1.807, 2.05) is 20.9 Å². The first-order valence-corrected chi connectivity index (χ1v) is 6.37. The van der Waals surface area contributed by atoms with Crippen LogP contribution in [-0.2, 0) is 0 Å². The molecule has 1 N–H and O–H groups in total. The molecule has 19 heavy (non-hydrogen) atoms. The Morgan fingerprint density at radius 1 is 1.37 bits per heavy atom. The first-order valence-electron chi connectivity index (χ1n) is 5.99. The fourth-order valence-electron chi connectivity index (χ4n) is 1.83. The van der Waals surface area contributed by atoms with Crippen LogP contribution in [0.4, 0.5) is 4.39 Å². The summed E-state index contributed by atoms with van der Waals surface area (Å²) in [4.78, 5) is 8.77. The summed E-state index contributed by atoms with van der Waals surface area (Å²) in [5.74, 6) is 0.106. The Hall–Kier alpha value is -1.52.